The molecule has 1 aromatic carbocycles. The molecular weight excluding hydrogens is 587 g/mol. The van der Waals surface area contributed by atoms with E-state index in [4.69, 9.17) is 18.5 Å². The van der Waals surface area contributed by atoms with Crippen LogP contribution >= 0.6 is 8.53 Å². The van der Waals surface area contributed by atoms with E-state index in [1.807, 2.05) is 47.2 Å². The fourth-order valence-electron chi connectivity index (χ4n) is 4.51. The Morgan fingerprint density at radius 2 is 1.53 bits per heavy atom. The van der Waals surface area contributed by atoms with Gasteiger partial charge >= 0.3 is 5.97 Å². The van der Waals surface area contributed by atoms with Gasteiger partial charge in [0.1, 0.15) is 5.75 Å². The SMILES string of the molecule is COc1ccc(/C(=C\N(C)P(OCOC(=O)C2=CN(C(C)(C)C)C=CC2)OCC2=CN(C(C)(C)C)C=CC2)CCN(C)C)cc1. The summed E-state index contributed by atoms with van der Waals surface area (Å²) in [6, 6.07) is 8.06. The van der Waals surface area contributed by atoms with Crippen LogP contribution in [0, 0.1) is 0 Å². The van der Waals surface area contributed by atoms with E-state index in [0.717, 1.165) is 41.8 Å². The van der Waals surface area contributed by atoms with Crippen molar-refractivity contribution in [3.63, 3.8) is 0 Å². The zero-order valence-electron chi connectivity index (χ0n) is 28.9. The molecule has 0 spiro atoms. The molecule has 0 saturated heterocycles. The van der Waals surface area contributed by atoms with E-state index in [1.54, 1.807) is 7.11 Å². The number of hydrogen-bond donors (Lipinski definition) is 0. The first-order chi connectivity index (χ1) is 21.2. The van der Waals surface area contributed by atoms with Crippen LogP contribution in [0.2, 0.25) is 0 Å². The highest BCUT2D eigenvalue weighted by molar-refractivity contribution is 7.44. The number of ether oxygens (including phenoxy) is 2. The van der Waals surface area contributed by atoms with Crippen molar-refractivity contribution >= 4 is 20.1 Å². The number of allylic oxidation sites excluding steroid dienone is 2. The van der Waals surface area contributed by atoms with Crippen molar-refractivity contribution in [2.24, 2.45) is 0 Å². The van der Waals surface area contributed by atoms with Crippen molar-refractivity contribution in [3.8, 4) is 5.75 Å². The molecule has 10 heteroatoms. The van der Waals surface area contributed by atoms with E-state index in [1.165, 1.54) is 0 Å². The van der Waals surface area contributed by atoms with E-state index >= 15 is 0 Å². The zero-order chi connectivity index (χ0) is 33.2. The molecule has 0 saturated carbocycles. The molecule has 9 nitrogen and oxygen atoms in total. The molecule has 0 radical (unpaired) electrons. The van der Waals surface area contributed by atoms with Crippen LogP contribution in [0.25, 0.3) is 5.57 Å². The Labute approximate surface area is 272 Å². The van der Waals surface area contributed by atoms with Crippen LogP contribution in [-0.2, 0) is 18.6 Å². The maximum absolute atomic E-state index is 13.0. The molecule has 1 atom stereocenters. The number of esters is 1. The molecule has 0 fully saturated rings. The van der Waals surface area contributed by atoms with Gasteiger partial charge in [-0.1, -0.05) is 24.3 Å². The quantitative estimate of drug-likeness (QED) is 0.117. The fourth-order valence-corrected chi connectivity index (χ4v) is 5.61. The molecular formula is C35H53N4O5P. The summed E-state index contributed by atoms with van der Waals surface area (Å²) in [6.45, 7) is 13.8. The van der Waals surface area contributed by atoms with Gasteiger partial charge in [0.05, 0.1) is 19.3 Å². The number of rotatable bonds is 14. The third-order valence-corrected chi connectivity index (χ3v) is 8.59. The summed E-state index contributed by atoms with van der Waals surface area (Å²) in [4.78, 5) is 19.4. The standard InChI is InChI=1S/C35H53N4O5P/c1-34(2,3)38-20-11-13-28(23-38)26-43-45(44-27-42-33(40)31-14-12-21-39(25-31)35(4,5)6)37(9)24-30(19-22-36(7)8)29-15-17-32(41-10)18-16-29/h11-12,15-18,20-21,23-25H,13-14,19,22,26-27H2,1-10H3/b30-24-. The lowest BCUT2D eigenvalue weighted by atomic mass is 10.0. The van der Waals surface area contributed by atoms with Gasteiger partial charge < -0.3 is 33.4 Å². The molecule has 0 bridgehead atoms. The molecule has 0 aliphatic carbocycles. The Morgan fingerprint density at radius 3 is 2.13 bits per heavy atom. The Morgan fingerprint density at radius 1 is 0.911 bits per heavy atom. The second kappa shape index (κ2) is 16.5. The third-order valence-electron chi connectivity index (χ3n) is 7.28. The van der Waals surface area contributed by atoms with Crippen LogP contribution in [0.15, 0.2) is 78.6 Å². The first kappa shape index (κ1) is 36.4. The minimum atomic E-state index is -1.61. The number of carbonyl (C=O) groups excluding carboxylic acids is 1. The van der Waals surface area contributed by atoms with Crippen molar-refractivity contribution in [1.82, 2.24) is 19.4 Å². The summed E-state index contributed by atoms with van der Waals surface area (Å²) in [5.74, 6) is 0.413. The Bertz CT molecular complexity index is 1270. The van der Waals surface area contributed by atoms with Crippen LogP contribution in [-0.4, -0.2) is 84.6 Å². The number of benzene rings is 1. The van der Waals surface area contributed by atoms with Gasteiger partial charge in [-0.05, 0) is 97.3 Å². The highest BCUT2D eigenvalue weighted by atomic mass is 31.2. The second-order valence-corrected chi connectivity index (χ2v) is 15.1. The van der Waals surface area contributed by atoms with Crippen LogP contribution < -0.4 is 4.74 Å². The monoisotopic (exact) mass is 640 g/mol. The highest BCUT2D eigenvalue weighted by Gasteiger charge is 2.24. The van der Waals surface area contributed by atoms with Gasteiger partial charge in [-0.15, -0.1) is 0 Å². The first-order valence-electron chi connectivity index (χ1n) is 15.4. The largest absolute Gasteiger partial charge is 0.497 e. The van der Waals surface area contributed by atoms with Crippen LogP contribution in [0.4, 0.5) is 0 Å². The lowest BCUT2D eigenvalue weighted by Crippen LogP contribution is -2.34. The smallest absolute Gasteiger partial charge is 0.337 e. The van der Waals surface area contributed by atoms with Crippen LogP contribution in [0.1, 0.15) is 66.4 Å². The summed E-state index contributed by atoms with van der Waals surface area (Å²) >= 11 is 0. The molecule has 0 N–H and O–H groups in total. The van der Waals surface area contributed by atoms with Gasteiger partial charge in [0.25, 0.3) is 8.53 Å². The van der Waals surface area contributed by atoms with Gasteiger partial charge in [0.2, 0.25) is 0 Å². The molecule has 1 unspecified atom stereocenters. The topological polar surface area (TPSA) is 67.0 Å². The summed E-state index contributed by atoms with van der Waals surface area (Å²) in [5, 5.41) is 0. The average Bonchev–Trinajstić information content (AvgIpc) is 3.00. The van der Waals surface area contributed by atoms with Crippen molar-refractivity contribution in [3.05, 3.63) is 84.1 Å². The van der Waals surface area contributed by atoms with E-state index in [2.05, 4.69) is 102 Å². The van der Waals surface area contributed by atoms with Gasteiger partial charge in [-0.25, -0.2) is 4.79 Å². The van der Waals surface area contributed by atoms with Gasteiger partial charge in [0.15, 0.2) is 6.79 Å². The number of nitrogens with zero attached hydrogens (tertiary/aromatic N) is 4. The number of carbonyl (C=O) groups is 1. The molecule has 2 aliphatic heterocycles. The first-order valence-corrected chi connectivity index (χ1v) is 16.6. The molecule has 0 amide bonds. The minimum Gasteiger partial charge on any atom is -0.497 e. The van der Waals surface area contributed by atoms with Crippen molar-refractivity contribution in [1.29, 1.82) is 0 Å². The van der Waals surface area contributed by atoms with Crippen molar-refractivity contribution < 1.29 is 23.3 Å². The minimum absolute atomic E-state index is 0.0393. The normalized spacial score (nSPS) is 16.5. The van der Waals surface area contributed by atoms with Crippen LogP contribution in [0.3, 0.4) is 0 Å². The lowest BCUT2D eigenvalue weighted by molar-refractivity contribution is -0.145. The zero-order valence-corrected chi connectivity index (χ0v) is 29.8. The molecule has 3 rings (SSSR count). The summed E-state index contributed by atoms with van der Waals surface area (Å²) < 4.78 is 25.6. The molecule has 248 valence electrons. The van der Waals surface area contributed by atoms with Crippen molar-refractivity contribution in [2.45, 2.75) is 71.9 Å². The van der Waals surface area contributed by atoms with E-state index in [-0.39, 0.29) is 17.9 Å². The number of hydrogen-bond acceptors (Lipinski definition) is 9. The van der Waals surface area contributed by atoms with Gasteiger partial charge in [-0.2, -0.15) is 0 Å². The Hall–Kier alpha value is -3.10. The Kier molecular flexibility index (Phi) is 13.3. The molecule has 1 aromatic rings. The maximum atomic E-state index is 13.0. The molecule has 2 heterocycles. The molecule has 0 aromatic heterocycles. The molecule has 45 heavy (non-hydrogen) atoms. The summed E-state index contributed by atoms with van der Waals surface area (Å²) in [5.41, 5.74) is 3.76. The van der Waals surface area contributed by atoms with Crippen molar-refractivity contribution in [2.75, 3.05) is 48.2 Å². The predicted octanol–water partition coefficient (Wildman–Crippen LogP) is 7.48. The number of methoxy groups -OCH3 is 1. The molecule has 2 aliphatic rings. The van der Waals surface area contributed by atoms with Crippen LogP contribution in [0.5, 0.6) is 5.75 Å². The summed E-state index contributed by atoms with van der Waals surface area (Å²) in [6.07, 6.45) is 16.4. The second-order valence-electron chi connectivity index (χ2n) is 13.5. The highest BCUT2D eigenvalue weighted by Crippen LogP contribution is 2.44. The summed E-state index contributed by atoms with van der Waals surface area (Å²) in [7, 11) is 6.13. The van der Waals surface area contributed by atoms with E-state index in [0.29, 0.717) is 18.6 Å². The van der Waals surface area contributed by atoms with E-state index < -0.39 is 14.5 Å². The average molecular weight is 641 g/mol. The fraction of sp³-hybridized carbons (Fsp3) is 0.514. The lowest BCUT2D eigenvalue weighted by Gasteiger charge is -2.34. The Balaban J connectivity index is 1.79. The maximum Gasteiger partial charge on any atom is 0.337 e. The predicted molar refractivity (Wildman–Crippen MR) is 184 cm³/mol. The van der Waals surface area contributed by atoms with Gasteiger partial charge in [-0.3, -0.25) is 4.52 Å². The third kappa shape index (κ3) is 11.6. The van der Waals surface area contributed by atoms with E-state index in [9.17, 15) is 4.79 Å². The van der Waals surface area contributed by atoms with Gasteiger partial charge in [0, 0.05) is 62.1 Å².